The predicted octanol–water partition coefficient (Wildman–Crippen LogP) is 7.65. The summed E-state index contributed by atoms with van der Waals surface area (Å²) >= 11 is 0. The molecule has 9 rings (SSSR count). The fraction of sp³-hybridized carbons (Fsp3) is 0.396. The summed E-state index contributed by atoms with van der Waals surface area (Å²) in [5.74, 6) is -10.6. The quantitative estimate of drug-likeness (QED) is 0.0324. The van der Waals surface area contributed by atoms with Gasteiger partial charge >= 0.3 is 25.9 Å². The number of phosphoric ester groups is 1. The Morgan fingerprint density at radius 2 is 1.69 bits per heavy atom. The molecule has 0 radical (unpaired) electrons. The molecule has 0 fully saturated rings. The number of amides is 2. The van der Waals surface area contributed by atoms with Crippen molar-refractivity contribution >= 4 is 58.1 Å². The number of fused-ring (bicyclic) bond motifs is 5. The molecule has 0 saturated heterocycles. The van der Waals surface area contributed by atoms with Gasteiger partial charge in [0, 0.05) is 54.1 Å². The number of carboxylic acids is 1. The fourth-order valence-electron chi connectivity index (χ4n) is 11.1. The number of pyridine rings is 1. The molecule has 1 unspecified atom stereocenters. The van der Waals surface area contributed by atoms with Gasteiger partial charge in [-0.2, -0.15) is 41.4 Å². The van der Waals surface area contributed by atoms with Crippen LogP contribution in [0, 0.1) is 36.3 Å². The van der Waals surface area contributed by atoms with E-state index in [4.69, 9.17) is 9.26 Å². The summed E-state index contributed by atoms with van der Waals surface area (Å²) in [5, 5.41) is 20.1. The van der Waals surface area contributed by atoms with Crippen molar-refractivity contribution in [1.82, 2.24) is 39.4 Å². The molecule has 32 heteroatoms. The lowest BCUT2D eigenvalue weighted by atomic mass is 9.77. The number of rotatable bonds is 20. The van der Waals surface area contributed by atoms with Crippen molar-refractivity contribution < 1.29 is 91.0 Å². The molecule has 3 aliphatic rings. The lowest BCUT2D eigenvalue weighted by molar-refractivity contribution is -0.140. The highest BCUT2D eigenvalue weighted by Crippen LogP contribution is 2.57. The van der Waals surface area contributed by atoms with Gasteiger partial charge in [-0.15, -0.1) is 0 Å². The number of benzene rings is 2. The Kier molecular flexibility index (Phi) is 16.0. The van der Waals surface area contributed by atoms with Gasteiger partial charge in [0.15, 0.2) is 11.5 Å². The standard InChI is InChI=1S/C53H49F9N9O12PS/c1-24-15-27(20-39(74)75)42(35(16-24)83-84(77,78)79)51(3,4)22-38(73)71(85(6,80)81)49-40-25(2)7-11-34(44(40)68(5)67-49)70-48(65-47-31(50(70)76)9-12-37(64-47)82-14-13-52(58,59)60)33(19-26-17-28(54)21-29(55)18-26)63-36(72)23-69-45-41(43(66-69)46(56)57)30-8-10-32(30)53(45,61)62/h7,9,12,15-18,21,30,32-34,46H,11,13-14,19-20,22-23H2,1-6H3,(H,63,72)(H,74,75)(H2,77,78,79)/t30-,32+,33-,34?/m0/s1. The van der Waals surface area contributed by atoms with Gasteiger partial charge in [-0.05, 0) is 66.8 Å². The normalized spacial score (nSPS) is 17.5. The van der Waals surface area contributed by atoms with Crippen molar-refractivity contribution in [1.29, 1.82) is 0 Å². The van der Waals surface area contributed by atoms with Crippen molar-refractivity contribution in [2.45, 2.75) is 108 Å². The number of aryl methyl sites for hydroxylation is 2. The average molecular weight is 1240 g/mol. The van der Waals surface area contributed by atoms with Gasteiger partial charge in [-0.25, -0.2) is 35.5 Å². The average Bonchev–Trinajstić information content (AvgIpc) is 1.63. The molecule has 0 spiro atoms. The van der Waals surface area contributed by atoms with Gasteiger partial charge in [0.1, 0.15) is 47.1 Å². The highest BCUT2D eigenvalue weighted by atomic mass is 32.2. The van der Waals surface area contributed by atoms with Crippen LogP contribution in [0.25, 0.3) is 16.6 Å². The molecule has 4 aromatic heterocycles. The van der Waals surface area contributed by atoms with E-state index in [2.05, 4.69) is 37.3 Å². The molecule has 0 saturated carbocycles. The first-order chi connectivity index (χ1) is 39.4. The number of nitrogens with one attached hydrogen (secondary N) is 1. The molecule has 2 aromatic carbocycles. The number of carbonyl (C=O) groups excluding carboxylic acids is 2. The van der Waals surface area contributed by atoms with E-state index >= 15 is 22.4 Å². The summed E-state index contributed by atoms with van der Waals surface area (Å²) in [5.41, 5.74) is -6.06. The Labute approximate surface area is 475 Å². The van der Waals surface area contributed by atoms with Gasteiger partial charge < -0.3 is 19.7 Å². The molecule has 21 nitrogen and oxygen atoms in total. The van der Waals surface area contributed by atoms with Crippen LogP contribution in [-0.4, -0.2) is 94.2 Å². The number of ether oxygens (including phenoxy) is 1. The SMILES string of the molecule is CC1=CCC(n2c([C@H](Cc3cc(F)cc(F)c3)NC(=O)Cn3nc(C(F)F)c4c3C(F)(F)[C@@H]3C#C[C@H]43)nc3nc(OCCC(F)(F)F)ccc3c2=O)c2c1c(N(C(=O)CC(C)(C)c1c(CC(=O)O)cc(C)cc1OP(=O)(O)O)S(C)(=O)=O)nn2C. The number of carbonyl (C=O) groups is 3. The van der Waals surface area contributed by atoms with Crippen LogP contribution in [0.15, 0.2) is 53.3 Å². The second kappa shape index (κ2) is 22.1. The van der Waals surface area contributed by atoms with Crippen molar-refractivity contribution in [3.63, 3.8) is 0 Å². The second-order valence-corrected chi connectivity index (χ2v) is 24.2. The number of anilines is 1. The summed E-state index contributed by atoms with van der Waals surface area (Å²) in [6, 6.07) is 3.55. The van der Waals surface area contributed by atoms with Gasteiger partial charge in [-0.3, -0.25) is 42.9 Å². The minimum absolute atomic E-state index is 0.0479. The molecule has 6 aromatic rings. The highest BCUT2D eigenvalue weighted by molar-refractivity contribution is 7.92. The third kappa shape index (κ3) is 12.3. The zero-order chi connectivity index (χ0) is 62.4. The van der Waals surface area contributed by atoms with Gasteiger partial charge in [0.05, 0.1) is 54.8 Å². The largest absolute Gasteiger partial charge is 0.524 e. The number of halogens is 9. The van der Waals surface area contributed by atoms with E-state index in [9.17, 15) is 64.2 Å². The van der Waals surface area contributed by atoms with E-state index in [-0.39, 0.29) is 45.3 Å². The zero-order valence-electron chi connectivity index (χ0n) is 45.3. The van der Waals surface area contributed by atoms with E-state index in [1.54, 1.807) is 0 Å². The molecule has 0 aliphatic heterocycles. The van der Waals surface area contributed by atoms with Gasteiger partial charge in [0.2, 0.25) is 27.7 Å². The molecule has 3 aliphatic carbocycles. The highest BCUT2D eigenvalue weighted by Gasteiger charge is 2.61. The molecular weight excluding hydrogens is 1190 g/mol. The molecule has 4 N–H and O–H groups in total. The van der Waals surface area contributed by atoms with Crippen molar-refractivity contribution in [2.24, 2.45) is 13.0 Å². The first-order valence-corrected chi connectivity index (χ1v) is 28.8. The van der Waals surface area contributed by atoms with E-state index in [1.165, 1.54) is 53.0 Å². The number of carboxylic acid groups (broad SMARTS) is 1. The summed E-state index contributed by atoms with van der Waals surface area (Å²) in [4.78, 5) is 85.3. The first-order valence-electron chi connectivity index (χ1n) is 25.5. The lowest BCUT2D eigenvalue weighted by Crippen LogP contribution is -2.41. The maximum absolute atomic E-state index is 15.9. The summed E-state index contributed by atoms with van der Waals surface area (Å²) in [6.45, 7) is 3.51. The number of aliphatic carboxylic acids is 1. The van der Waals surface area contributed by atoms with Crippen LogP contribution in [0.4, 0.5) is 45.3 Å². The number of alkyl halides is 7. The summed E-state index contributed by atoms with van der Waals surface area (Å²) in [7, 11) is -8.86. The molecular formula is C53H49F9N9O12PS. The number of hydrogen-bond donors (Lipinski definition) is 4. The third-order valence-corrected chi connectivity index (χ3v) is 15.8. The molecule has 4 heterocycles. The Morgan fingerprint density at radius 1 is 1.01 bits per heavy atom. The molecule has 0 bridgehead atoms. The van der Waals surface area contributed by atoms with Crippen molar-refractivity contribution in [2.75, 3.05) is 17.2 Å². The number of nitrogens with zero attached hydrogens (tertiary/aromatic N) is 8. The Balaban J connectivity index is 1.20. The number of allylic oxidation sites excluding steroid dienone is 2. The lowest BCUT2D eigenvalue weighted by Gasteiger charge is -2.32. The van der Waals surface area contributed by atoms with Crippen LogP contribution in [0.5, 0.6) is 11.6 Å². The smallest absolute Gasteiger partial charge is 0.481 e. The number of phosphoric acid groups is 1. The van der Waals surface area contributed by atoms with Crippen LogP contribution in [0.2, 0.25) is 0 Å². The molecule has 4 atom stereocenters. The monoisotopic (exact) mass is 1240 g/mol. The molecule has 2 amide bonds. The second-order valence-electron chi connectivity index (χ2n) is 21.2. The van der Waals surface area contributed by atoms with Crippen LogP contribution in [0.3, 0.4) is 0 Å². The van der Waals surface area contributed by atoms with Crippen molar-refractivity contribution in [3.8, 4) is 23.5 Å². The number of aromatic nitrogens is 7. The van der Waals surface area contributed by atoms with Crippen LogP contribution in [0.1, 0.15) is 121 Å². The zero-order valence-corrected chi connectivity index (χ0v) is 47.0. The Morgan fingerprint density at radius 3 is 2.29 bits per heavy atom. The number of sulfonamides is 1. The number of hydrogen-bond acceptors (Lipinski definition) is 13. The van der Waals surface area contributed by atoms with Gasteiger partial charge in [0.25, 0.3) is 12.0 Å². The summed E-state index contributed by atoms with van der Waals surface area (Å²) < 4.78 is 184. The maximum Gasteiger partial charge on any atom is 0.524 e. The van der Waals surface area contributed by atoms with Crippen LogP contribution in [-0.2, 0) is 66.7 Å². The van der Waals surface area contributed by atoms with Crippen LogP contribution < -0.4 is 24.4 Å². The van der Waals surface area contributed by atoms with Crippen molar-refractivity contribution in [3.05, 3.63) is 127 Å². The third-order valence-electron chi connectivity index (χ3n) is 14.3. The fourth-order valence-corrected chi connectivity index (χ4v) is 12.4. The topological polar surface area (TPSA) is 280 Å². The van der Waals surface area contributed by atoms with Crippen LogP contribution >= 0.6 is 7.82 Å². The minimum Gasteiger partial charge on any atom is -0.481 e. The van der Waals surface area contributed by atoms with E-state index < -0.39 is 185 Å². The summed E-state index contributed by atoms with van der Waals surface area (Å²) in [6.07, 6.45) is -9.93. The molecule has 85 heavy (non-hydrogen) atoms. The molecule has 452 valence electrons. The van der Waals surface area contributed by atoms with E-state index in [1.807, 2.05) is 0 Å². The first kappa shape index (κ1) is 61.5. The Bertz CT molecular complexity index is 4090. The van der Waals surface area contributed by atoms with E-state index in [0.29, 0.717) is 26.9 Å². The Hall–Kier alpha value is -8.07. The van der Waals surface area contributed by atoms with E-state index in [0.717, 1.165) is 33.5 Å². The predicted molar refractivity (Wildman–Crippen MR) is 281 cm³/mol. The van der Waals surface area contributed by atoms with Gasteiger partial charge in [-0.1, -0.05) is 37.8 Å². The minimum atomic E-state index is -5.36. The maximum atomic E-state index is 15.9.